The molecule has 0 aromatic carbocycles. The molecule has 0 amide bonds. The first kappa shape index (κ1) is 89.8. The summed E-state index contributed by atoms with van der Waals surface area (Å²) in [5, 5.41) is 65.1. The second-order valence-electron chi connectivity index (χ2n) is 28.1. The fraction of sp³-hybridized carbons (Fsp3) is 1.00. The zero-order valence-corrected chi connectivity index (χ0v) is 59.3. The molecule has 0 saturated heterocycles. The first-order chi connectivity index (χ1) is 41.9. The highest BCUT2D eigenvalue weighted by atomic mass is 16.5. The highest BCUT2D eigenvalue weighted by Crippen LogP contribution is 2.23. The summed E-state index contributed by atoms with van der Waals surface area (Å²) >= 11 is 0. The van der Waals surface area contributed by atoms with Gasteiger partial charge in [0.1, 0.15) is 17.3 Å². The van der Waals surface area contributed by atoms with Gasteiger partial charge in [0.25, 0.3) is 0 Å². The van der Waals surface area contributed by atoms with Crippen LogP contribution in [0.1, 0.15) is 414 Å². The number of ether oxygens (including phenoxy) is 2. The summed E-state index contributed by atoms with van der Waals surface area (Å²) in [5.41, 5.74) is -2.55. The quantitative estimate of drug-likeness (QED) is 0.0294. The number of rotatable bonds is 70. The van der Waals surface area contributed by atoms with Gasteiger partial charge in [-0.15, -0.1) is 0 Å². The lowest BCUT2D eigenvalue weighted by Gasteiger charge is -2.30. The zero-order chi connectivity index (χ0) is 63.8. The van der Waals surface area contributed by atoms with Gasteiger partial charge in [0.15, 0.2) is 0 Å². The minimum Gasteiger partial charge on any atom is -0.394 e. The topological polar surface area (TPSA) is 160 Å². The molecule has 522 valence electrons. The van der Waals surface area contributed by atoms with Gasteiger partial charge in [-0.2, -0.15) is 0 Å². The molecule has 2 unspecified atom stereocenters. The van der Waals surface area contributed by atoms with Crippen molar-refractivity contribution in [3.05, 3.63) is 0 Å². The van der Waals surface area contributed by atoms with E-state index in [1.54, 1.807) is 0 Å². The van der Waals surface area contributed by atoms with Gasteiger partial charge in [-0.1, -0.05) is 388 Å². The van der Waals surface area contributed by atoms with E-state index in [-0.39, 0.29) is 39.6 Å². The number of aliphatic hydroxyl groups is 7. The van der Waals surface area contributed by atoms with Gasteiger partial charge in [0.2, 0.25) is 0 Å². The van der Waals surface area contributed by atoms with Crippen molar-refractivity contribution in [1.29, 1.82) is 0 Å². The summed E-state index contributed by atoms with van der Waals surface area (Å²) in [6.07, 6.45) is 76.2. The highest BCUT2D eigenvalue weighted by Gasteiger charge is 2.30. The van der Waals surface area contributed by atoms with Crippen LogP contribution in [0.15, 0.2) is 0 Å². The second kappa shape index (κ2) is 75.4. The van der Waals surface area contributed by atoms with E-state index in [4.69, 9.17) is 24.8 Å². The molecule has 0 aromatic heterocycles. The molecule has 0 rings (SSSR count). The number of hydrogen-bond acceptors (Lipinski definition) is 9. The second-order valence-corrected chi connectivity index (χ2v) is 28.1. The van der Waals surface area contributed by atoms with E-state index in [2.05, 4.69) is 41.5 Å². The lowest BCUT2D eigenvalue weighted by atomic mass is 9.95. The van der Waals surface area contributed by atoms with E-state index < -0.39 is 17.3 Å². The standard InChI is InChI=1S/C38H78O5.C36H74O.C3H8O3/c1-3-5-7-9-11-13-15-17-19-21-23-25-27-29-31-37(41,33-39)35-43-36-38(42,34-40)32-30-28-26-24-22-20-18-16-14-12-10-8-6-4-2;1-35(2)31-27-23-19-15-11-7-5-9-13-17-21-25-29-33-37-34-30-26-22-18-14-10-6-8-12-16-20-24-28-32-36(3)4;4-1-3(6)2-5/h39-42H,3-36H2,1-2H3;35-36H,5-34H2,1-4H3;3-6H,1-2H2. The van der Waals surface area contributed by atoms with Crippen molar-refractivity contribution in [2.45, 2.75) is 431 Å². The fourth-order valence-corrected chi connectivity index (χ4v) is 11.7. The number of aliphatic hydroxyl groups excluding tert-OH is 5. The summed E-state index contributed by atoms with van der Waals surface area (Å²) in [7, 11) is 0. The average Bonchev–Trinajstić information content (AvgIpc) is 3.70. The minimum absolute atomic E-state index is 0.0109. The number of hydrogen-bond donors (Lipinski definition) is 7. The summed E-state index contributed by atoms with van der Waals surface area (Å²) in [5.74, 6) is 1.78. The summed E-state index contributed by atoms with van der Waals surface area (Å²) in [4.78, 5) is 0. The Morgan fingerprint density at radius 3 is 0.651 bits per heavy atom. The van der Waals surface area contributed by atoms with Crippen LogP contribution in [-0.4, -0.2) is 106 Å². The van der Waals surface area contributed by atoms with Crippen LogP contribution in [0.5, 0.6) is 0 Å². The monoisotopic (exact) mass is 1230 g/mol. The van der Waals surface area contributed by atoms with Gasteiger partial charge in [-0.05, 0) is 37.5 Å². The molecule has 7 N–H and O–H groups in total. The Hall–Kier alpha value is -0.360. The molecule has 0 aromatic rings. The molecule has 0 spiro atoms. The van der Waals surface area contributed by atoms with Gasteiger partial charge in [0.05, 0.1) is 39.6 Å². The third kappa shape index (κ3) is 77.9. The van der Waals surface area contributed by atoms with E-state index in [9.17, 15) is 20.4 Å². The predicted octanol–water partition coefficient (Wildman–Crippen LogP) is 21.8. The lowest BCUT2D eigenvalue weighted by Crippen LogP contribution is -2.43. The van der Waals surface area contributed by atoms with E-state index in [0.717, 1.165) is 50.7 Å². The molecule has 0 aliphatic rings. The Morgan fingerprint density at radius 1 is 0.267 bits per heavy atom. The van der Waals surface area contributed by atoms with Crippen molar-refractivity contribution in [2.24, 2.45) is 11.8 Å². The first-order valence-electron chi connectivity index (χ1n) is 38.6. The summed E-state index contributed by atoms with van der Waals surface area (Å²) in [6.45, 7) is 14.5. The van der Waals surface area contributed by atoms with Crippen molar-refractivity contribution < 1.29 is 45.2 Å². The van der Waals surface area contributed by atoms with Crippen LogP contribution in [0.3, 0.4) is 0 Å². The molecule has 0 aliphatic carbocycles. The normalized spacial score (nSPS) is 13.1. The first-order valence-corrected chi connectivity index (χ1v) is 38.6. The predicted molar refractivity (Wildman–Crippen MR) is 375 cm³/mol. The van der Waals surface area contributed by atoms with Gasteiger partial charge in [0, 0.05) is 13.2 Å². The van der Waals surface area contributed by atoms with E-state index in [0.29, 0.717) is 12.8 Å². The fourth-order valence-electron chi connectivity index (χ4n) is 11.7. The van der Waals surface area contributed by atoms with Gasteiger partial charge >= 0.3 is 0 Å². The molecule has 0 saturated carbocycles. The van der Waals surface area contributed by atoms with Gasteiger partial charge < -0.3 is 45.2 Å². The maximum Gasteiger partial charge on any atom is 0.111 e. The van der Waals surface area contributed by atoms with Gasteiger partial charge in [-0.25, -0.2) is 0 Å². The molecule has 0 heterocycles. The van der Waals surface area contributed by atoms with E-state index in [1.807, 2.05) is 0 Å². The van der Waals surface area contributed by atoms with Crippen LogP contribution in [0.25, 0.3) is 0 Å². The summed E-state index contributed by atoms with van der Waals surface area (Å²) < 4.78 is 11.5. The molecule has 2 atom stereocenters. The van der Waals surface area contributed by atoms with Crippen LogP contribution in [-0.2, 0) is 9.47 Å². The van der Waals surface area contributed by atoms with E-state index in [1.165, 1.54) is 334 Å². The van der Waals surface area contributed by atoms with Crippen molar-refractivity contribution >= 4 is 0 Å². The Morgan fingerprint density at radius 2 is 0.465 bits per heavy atom. The molecule has 0 radical (unpaired) electrons. The van der Waals surface area contributed by atoms with Crippen molar-refractivity contribution in [1.82, 2.24) is 0 Å². The minimum atomic E-state index is -1.28. The molecule has 0 fully saturated rings. The highest BCUT2D eigenvalue weighted by molar-refractivity contribution is 4.81. The molecule has 0 bridgehead atoms. The average molecular weight is 1230 g/mol. The zero-order valence-electron chi connectivity index (χ0n) is 59.3. The molecule has 0 aliphatic heterocycles. The molecule has 9 heteroatoms. The number of unbranched alkanes of at least 4 members (excludes halogenated alkanes) is 50. The lowest BCUT2D eigenvalue weighted by molar-refractivity contribution is -0.129. The van der Waals surface area contributed by atoms with Crippen LogP contribution in [0, 0.1) is 11.8 Å². The van der Waals surface area contributed by atoms with Crippen LogP contribution < -0.4 is 0 Å². The smallest absolute Gasteiger partial charge is 0.111 e. The van der Waals surface area contributed by atoms with Crippen molar-refractivity contribution in [2.75, 3.05) is 52.9 Å². The molecule has 86 heavy (non-hydrogen) atoms. The SMILES string of the molecule is CC(C)CCCCCCCCCCCCCCCOCCCCCCCCCCCCCCCC(C)C.CCCCCCCCCCCCCCCCC(O)(CO)COCC(O)(CO)CCCCCCCCCCCCCCCC.OCC(O)CO. The molecule has 9 nitrogen and oxygen atoms in total. The Balaban J connectivity index is -0.00000147. The van der Waals surface area contributed by atoms with Crippen LogP contribution in [0.2, 0.25) is 0 Å². The van der Waals surface area contributed by atoms with Gasteiger partial charge in [-0.3, -0.25) is 0 Å². The Kier molecular flexibility index (Phi) is 78.7. The van der Waals surface area contributed by atoms with Crippen LogP contribution >= 0.6 is 0 Å². The largest absolute Gasteiger partial charge is 0.394 e. The Labute approximate surface area is 538 Å². The third-order valence-electron chi connectivity index (χ3n) is 17.9. The Bertz CT molecular complexity index is 1100. The van der Waals surface area contributed by atoms with Crippen LogP contribution in [0.4, 0.5) is 0 Å². The third-order valence-corrected chi connectivity index (χ3v) is 17.9. The maximum atomic E-state index is 10.8. The maximum absolute atomic E-state index is 10.8. The van der Waals surface area contributed by atoms with Crippen molar-refractivity contribution in [3.8, 4) is 0 Å². The summed E-state index contributed by atoms with van der Waals surface area (Å²) in [6, 6.07) is 0. The van der Waals surface area contributed by atoms with Crippen molar-refractivity contribution in [3.63, 3.8) is 0 Å². The molecular weight excluding hydrogens is 1070 g/mol. The molecular formula is C77H160O9. The van der Waals surface area contributed by atoms with E-state index >= 15 is 0 Å².